The summed E-state index contributed by atoms with van der Waals surface area (Å²) in [6.07, 6.45) is 12.4. The number of imidazole rings is 1. The summed E-state index contributed by atoms with van der Waals surface area (Å²) in [5.74, 6) is 1.06. The number of aromatic nitrogens is 3. The molecular formula is C14H11ClN4O. The molecule has 0 spiro atoms. The highest BCUT2D eigenvalue weighted by atomic mass is 35.5. The molecule has 1 aliphatic carbocycles. The van der Waals surface area contributed by atoms with Gasteiger partial charge in [-0.15, -0.1) is 0 Å². The zero-order valence-electron chi connectivity index (χ0n) is 10.5. The number of hydrogen-bond acceptors (Lipinski definition) is 4. The molecule has 1 aliphatic rings. The van der Waals surface area contributed by atoms with Crippen molar-refractivity contribution in [1.29, 1.82) is 0 Å². The maximum atomic E-state index is 11.3. The quantitative estimate of drug-likeness (QED) is 0.874. The molecule has 0 aromatic carbocycles. The highest BCUT2D eigenvalue weighted by Gasteiger charge is 2.14. The van der Waals surface area contributed by atoms with E-state index in [0.29, 0.717) is 28.7 Å². The molecule has 0 unspecified atom stereocenters. The van der Waals surface area contributed by atoms with Crippen molar-refractivity contribution >= 4 is 34.3 Å². The van der Waals surface area contributed by atoms with Crippen molar-refractivity contribution in [3.05, 3.63) is 53.8 Å². The number of anilines is 1. The molecule has 3 rings (SSSR count). The Balaban J connectivity index is 2.20. The first-order valence-corrected chi connectivity index (χ1v) is 6.41. The summed E-state index contributed by atoms with van der Waals surface area (Å²) in [7, 11) is 0. The van der Waals surface area contributed by atoms with Crippen LogP contribution >= 0.6 is 11.6 Å². The molecule has 0 atom stereocenters. The van der Waals surface area contributed by atoms with E-state index in [4.69, 9.17) is 17.3 Å². The van der Waals surface area contributed by atoms with Crippen molar-refractivity contribution in [2.24, 2.45) is 0 Å². The zero-order chi connectivity index (χ0) is 14.1. The number of halogens is 1. The predicted octanol–water partition coefficient (Wildman–Crippen LogP) is 2.43. The van der Waals surface area contributed by atoms with Crippen LogP contribution in [0.2, 0.25) is 5.15 Å². The van der Waals surface area contributed by atoms with Crippen molar-refractivity contribution in [2.45, 2.75) is 6.42 Å². The molecule has 0 fully saturated rings. The Bertz CT molecular complexity index is 786. The molecule has 2 heterocycles. The summed E-state index contributed by atoms with van der Waals surface area (Å²) in [5.41, 5.74) is 7.33. The second kappa shape index (κ2) is 4.94. The summed E-state index contributed by atoms with van der Waals surface area (Å²) in [4.78, 5) is 19.6. The number of rotatable bonds is 1. The summed E-state index contributed by atoms with van der Waals surface area (Å²) in [6, 6.07) is 0. The SMILES string of the molecule is Nc1nc(C2=CC=CC(=O)CC=C2)n2ccnc(Cl)c12. The van der Waals surface area contributed by atoms with Gasteiger partial charge in [-0.05, 0) is 6.08 Å². The van der Waals surface area contributed by atoms with Gasteiger partial charge in [-0.3, -0.25) is 9.20 Å². The van der Waals surface area contributed by atoms with Gasteiger partial charge in [0, 0.05) is 24.4 Å². The van der Waals surface area contributed by atoms with Gasteiger partial charge in [0.2, 0.25) is 0 Å². The lowest BCUT2D eigenvalue weighted by Gasteiger charge is -2.03. The zero-order valence-corrected chi connectivity index (χ0v) is 11.2. The summed E-state index contributed by atoms with van der Waals surface area (Å²) in [5, 5.41) is 0.310. The maximum Gasteiger partial charge on any atom is 0.159 e. The molecule has 5 nitrogen and oxygen atoms in total. The smallest absolute Gasteiger partial charge is 0.159 e. The molecule has 6 heteroatoms. The lowest BCUT2D eigenvalue weighted by Crippen LogP contribution is -1.96. The Morgan fingerprint density at radius 3 is 3.05 bits per heavy atom. The van der Waals surface area contributed by atoms with Crippen LogP contribution in [-0.2, 0) is 4.79 Å². The van der Waals surface area contributed by atoms with Gasteiger partial charge in [-0.1, -0.05) is 35.9 Å². The number of hydrogen-bond donors (Lipinski definition) is 1. The highest BCUT2D eigenvalue weighted by Crippen LogP contribution is 2.26. The normalized spacial score (nSPS) is 15.2. The van der Waals surface area contributed by atoms with Crippen molar-refractivity contribution in [1.82, 2.24) is 14.4 Å². The molecule has 0 amide bonds. The van der Waals surface area contributed by atoms with Gasteiger partial charge in [-0.25, -0.2) is 9.97 Å². The lowest BCUT2D eigenvalue weighted by molar-refractivity contribution is -0.113. The minimum Gasteiger partial charge on any atom is -0.382 e. The molecule has 0 saturated heterocycles. The summed E-state index contributed by atoms with van der Waals surface area (Å²) >= 11 is 6.04. The minimum atomic E-state index is 0.0660. The number of allylic oxidation sites excluding steroid dienone is 6. The van der Waals surface area contributed by atoms with Crippen LogP contribution in [0.5, 0.6) is 0 Å². The number of nitrogens with zero attached hydrogens (tertiary/aromatic N) is 3. The van der Waals surface area contributed by atoms with E-state index in [1.807, 2.05) is 12.2 Å². The summed E-state index contributed by atoms with van der Waals surface area (Å²) < 4.78 is 1.79. The van der Waals surface area contributed by atoms with Crippen molar-refractivity contribution in [3.63, 3.8) is 0 Å². The number of nitrogens with two attached hydrogens (primary N) is 1. The average molecular weight is 287 g/mol. The molecular weight excluding hydrogens is 276 g/mol. The van der Waals surface area contributed by atoms with E-state index < -0.39 is 0 Å². The van der Waals surface area contributed by atoms with Crippen LogP contribution < -0.4 is 5.73 Å². The van der Waals surface area contributed by atoms with Crippen molar-refractivity contribution < 1.29 is 4.79 Å². The average Bonchev–Trinajstić information content (AvgIpc) is 2.72. The Kier molecular flexibility index (Phi) is 3.12. The second-order valence-corrected chi connectivity index (χ2v) is 4.67. The molecule has 0 bridgehead atoms. The van der Waals surface area contributed by atoms with Gasteiger partial charge in [0.05, 0.1) is 0 Å². The summed E-state index contributed by atoms with van der Waals surface area (Å²) in [6.45, 7) is 0. The minimum absolute atomic E-state index is 0.0660. The molecule has 0 radical (unpaired) electrons. The fourth-order valence-electron chi connectivity index (χ4n) is 2.06. The van der Waals surface area contributed by atoms with Crippen LogP contribution in [0.1, 0.15) is 12.2 Å². The van der Waals surface area contributed by atoms with Crippen molar-refractivity contribution in [2.75, 3.05) is 5.73 Å². The van der Waals surface area contributed by atoms with E-state index in [9.17, 15) is 4.79 Å². The number of carbonyl (C=O) groups is 1. The van der Waals surface area contributed by atoms with E-state index in [1.165, 1.54) is 6.08 Å². The van der Waals surface area contributed by atoms with Crippen LogP contribution in [0.4, 0.5) is 5.82 Å². The van der Waals surface area contributed by atoms with Gasteiger partial charge in [-0.2, -0.15) is 0 Å². The van der Waals surface area contributed by atoms with Gasteiger partial charge < -0.3 is 5.73 Å². The van der Waals surface area contributed by atoms with E-state index in [-0.39, 0.29) is 5.78 Å². The lowest BCUT2D eigenvalue weighted by atomic mass is 10.1. The Hall–Kier alpha value is -2.40. The Morgan fingerprint density at radius 2 is 2.20 bits per heavy atom. The predicted molar refractivity (Wildman–Crippen MR) is 78.3 cm³/mol. The topological polar surface area (TPSA) is 73.3 Å². The molecule has 2 N–H and O–H groups in total. The number of nitrogen functional groups attached to an aromatic ring is 1. The van der Waals surface area contributed by atoms with Crippen LogP contribution in [0.3, 0.4) is 0 Å². The first-order valence-electron chi connectivity index (χ1n) is 6.03. The van der Waals surface area contributed by atoms with Crippen LogP contribution in [0.25, 0.3) is 11.1 Å². The first kappa shape index (κ1) is 12.6. The fourth-order valence-corrected chi connectivity index (χ4v) is 2.31. The first-order chi connectivity index (χ1) is 9.66. The molecule has 20 heavy (non-hydrogen) atoms. The third kappa shape index (κ3) is 2.12. The third-order valence-electron chi connectivity index (χ3n) is 2.97. The van der Waals surface area contributed by atoms with Gasteiger partial charge in [0.1, 0.15) is 11.3 Å². The number of fused-ring (bicyclic) bond motifs is 1. The molecule has 100 valence electrons. The number of ketones is 1. The second-order valence-electron chi connectivity index (χ2n) is 4.31. The fraction of sp³-hybridized carbons (Fsp3) is 0.0714. The molecule has 2 aromatic rings. The largest absolute Gasteiger partial charge is 0.382 e. The Morgan fingerprint density at radius 1 is 1.35 bits per heavy atom. The molecule has 2 aromatic heterocycles. The van der Waals surface area contributed by atoms with E-state index in [2.05, 4.69) is 9.97 Å². The monoisotopic (exact) mass is 286 g/mol. The third-order valence-corrected chi connectivity index (χ3v) is 3.25. The van der Waals surface area contributed by atoms with E-state index in [1.54, 1.807) is 28.9 Å². The highest BCUT2D eigenvalue weighted by molar-refractivity contribution is 6.33. The molecule has 0 aliphatic heterocycles. The van der Waals surface area contributed by atoms with Gasteiger partial charge in [0.25, 0.3) is 0 Å². The van der Waals surface area contributed by atoms with Gasteiger partial charge in [0.15, 0.2) is 16.8 Å². The van der Waals surface area contributed by atoms with Gasteiger partial charge >= 0.3 is 0 Å². The standard InChI is InChI=1S/C14H11ClN4O/c15-12-11-13(16)18-14(19(11)8-7-17-12)9-3-1-5-10(20)6-2-4-9/h1-5,7-8H,6,16H2. The van der Waals surface area contributed by atoms with E-state index in [0.717, 1.165) is 5.57 Å². The van der Waals surface area contributed by atoms with Crippen LogP contribution in [-0.4, -0.2) is 20.2 Å². The molecule has 0 saturated carbocycles. The van der Waals surface area contributed by atoms with Crippen LogP contribution in [0, 0.1) is 0 Å². The number of carbonyl (C=O) groups excluding carboxylic acids is 1. The van der Waals surface area contributed by atoms with E-state index >= 15 is 0 Å². The Labute approximate surface area is 120 Å². The van der Waals surface area contributed by atoms with Crippen LogP contribution in [0.15, 0.2) is 42.8 Å². The maximum absolute atomic E-state index is 11.3. The van der Waals surface area contributed by atoms with Crippen molar-refractivity contribution in [3.8, 4) is 0 Å².